The summed E-state index contributed by atoms with van der Waals surface area (Å²) in [6, 6.07) is 0. The molecule has 0 aliphatic carbocycles. The number of hydrogen-bond acceptors (Lipinski definition) is 0. The molecule has 0 aromatic heterocycles. The highest BCUT2D eigenvalue weighted by atomic mass is 14.1. The van der Waals surface area contributed by atoms with Gasteiger partial charge in [-0.05, 0) is 23.7 Å². The van der Waals surface area contributed by atoms with Gasteiger partial charge >= 0.3 is 0 Å². The van der Waals surface area contributed by atoms with Gasteiger partial charge in [-0.25, -0.2) is 0 Å². The summed E-state index contributed by atoms with van der Waals surface area (Å²) >= 11 is 0. The maximum Gasteiger partial charge on any atom is -0.0383 e. The average Bonchev–Trinajstić information content (AvgIpc) is 2.22. The molecule has 0 aliphatic heterocycles. The molecular weight excluding hydrogens is 228 g/mol. The van der Waals surface area contributed by atoms with Crippen molar-refractivity contribution in [3.8, 4) is 0 Å². The van der Waals surface area contributed by atoms with Gasteiger partial charge in [0, 0.05) is 0 Å². The Hall–Kier alpha value is 0. The van der Waals surface area contributed by atoms with Crippen molar-refractivity contribution >= 4 is 0 Å². The Bertz CT molecular complexity index is 167. The second kappa shape index (κ2) is 9.83. The van der Waals surface area contributed by atoms with Crippen molar-refractivity contribution in [3.05, 3.63) is 0 Å². The van der Waals surface area contributed by atoms with Gasteiger partial charge in [-0.2, -0.15) is 0 Å². The van der Waals surface area contributed by atoms with Gasteiger partial charge < -0.3 is 0 Å². The molecule has 19 heavy (non-hydrogen) atoms. The summed E-state index contributed by atoms with van der Waals surface area (Å²) in [7, 11) is 0. The zero-order valence-corrected chi connectivity index (χ0v) is 14.8. The van der Waals surface area contributed by atoms with Crippen LogP contribution in [-0.4, -0.2) is 0 Å². The monoisotopic (exact) mass is 268 g/mol. The Morgan fingerprint density at radius 2 is 0.579 bits per heavy atom. The van der Waals surface area contributed by atoms with Crippen LogP contribution in [0.4, 0.5) is 0 Å². The largest absolute Gasteiger partial charge is 0.0602 e. The fourth-order valence-corrected chi connectivity index (χ4v) is 2.55. The third kappa shape index (κ3) is 18.0. The molecule has 0 aromatic rings. The number of rotatable bonds is 10. The smallest absolute Gasteiger partial charge is 0.0383 e. The Labute approximate surface area is 123 Å². The van der Waals surface area contributed by atoms with Crippen LogP contribution in [-0.2, 0) is 0 Å². The fraction of sp³-hybridized carbons (Fsp3) is 1.00. The van der Waals surface area contributed by atoms with Crippen molar-refractivity contribution in [3.63, 3.8) is 0 Å². The van der Waals surface area contributed by atoms with Crippen molar-refractivity contribution in [1.29, 1.82) is 0 Å². The van der Waals surface area contributed by atoms with E-state index in [1.165, 1.54) is 70.6 Å². The zero-order valence-electron chi connectivity index (χ0n) is 14.8. The van der Waals surface area contributed by atoms with E-state index in [1.54, 1.807) is 0 Å². The van der Waals surface area contributed by atoms with E-state index < -0.39 is 0 Å². The minimum atomic E-state index is 0.535. The summed E-state index contributed by atoms with van der Waals surface area (Å²) in [6.07, 6.45) is 15.8. The van der Waals surface area contributed by atoms with E-state index >= 15 is 0 Å². The van der Waals surface area contributed by atoms with Crippen LogP contribution < -0.4 is 0 Å². The Balaban J connectivity index is 3.12. The molecule has 0 nitrogen and oxygen atoms in total. The van der Waals surface area contributed by atoms with Crippen molar-refractivity contribution in [1.82, 2.24) is 0 Å². The van der Waals surface area contributed by atoms with Gasteiger partial charge in [0.1, 0.15) is 0 Å². The molecule has 0 heteroatoms. The second-order valence-electron chi connectivity index (χ2n) is 8.80. The molecular formula is C19H40. The first-order valence-electron chi connectivity index (χ1n) is 8.71. The lowest BCUT2D eigenvalue weighted by molar-refractivity contribution is 0.353. The maximum atomic E-state index is 2.35. The van der Waals surface area contributed by atoms with E-state index in [1.807, 2.05) is 0 Å². The highest BCUT2D eigenvalue weighted by Crippen LogP contribution is 2.24. The van der Waals surface area contributed by atoms with Gasteiger partial charge in [0.25, 0.3) is 0 Å². The first kappa shape index (κ1) is 19.0. The normalized spacial score (nSPS) is 12.9. The van der Waals surface area contributed by atoms with Crippen LogP contribution in [0.15, 0.2) is 0 Å². The fourth-order valence-electron chi connectivity index (χ4n) is 2.55. The van der Waals surface area contributed by atoms with Crippen LogP contribution in [0.1, 0.15) is 112 Å². The summed E-state index contributed by atoms with van der Waals surface area (Å²) < 4.78 is 0. The lowest BCUT2D eigenvalue weighted by atomic mass is 9.89. The summed E-state index contributed by atoms with van der Waals surface area (Å²) in [6.45, 7) is 14.1. The average molecular weight is 269 g/mol. The highest BCUT2D eigenvalue weighted by Gasteiger charge is 2.09. The number of unbranched alkanes of at least 4 members (excludes halogenated alkanes) is 8. The molecule has 0 radical (unpaired) electrons. The zero-order chi connectivity index (χ0) is 14.8. The van der Waals surface area contributed by atoms with Crippen LogP contribution in [0.2, 0.25) is 0 Å². The molecule has 0 atom stereocenters. The molecule has 0 saturated heterocycles. The molecule has 0 bridgehead atoms. The van der Waals surface area contributed by atoms with Gasteiger partial charge in [-0.3, -0.25) is 0 Å². The van der Waals surface area contributed by atoms with Crippen molar-refractivity contribution in [2.45, 2.75) is 112 Å². The molecule has 0 amide bonds. The molecule has 0 rings (SSSR count). The van der Waals surface area contributed by atoms with E-state index in [0.29, 0.717) is 10.8 Å². The SMILES string of the molecule is CC(C)(C)CCCCCCCCCCCC(C)(C)C. The lowest BCUT2D eigenvalue weighted by Gasteiger charge is -2.17. The Morgan fingerprint density at radius 1 is 0.368 bits per heavy atom. The van der Waals surface area contributed by atoms with Gasteiger partial charge in [0.05, 0.1) is 0 Å². The predicted molar refractivity (Wildman–Crippen MR) is 89.7 cm³/mol. The van der Waals surface area contributed by atoms with Crippen LogP contribution in [0, 0.1) is 10.8 Å². The van der Waals surface area contributed by atoms with Crippen molar-refractivity contribution in [2.75, 3.05) is 0 Å². The third-order valence-corrected chi connectivity index (χ3v) is 3.85. The van der Waals surface area contributed by atoms with E-state index in [-0.39, 0.29) is 0 Å². The summed E-state index contributed by atoms with van der Waals surface area (Å²) in [4.78, 5) is 0. The van der Waals surface area contributed by atoms with Crippen LogP contribution in [0.25, 0.3) is 0 Å². The highest BCUT2D eigenvalue weighted by molar-refractivity contribution is 4.62. The van der Waals surface area contributed by atoms with Gasteiger partial charge in [-0.15, -0.1) is 0 Å². The quantitative estimate of drug-likeness (QED) is 0.363. The molecule has 0 fully saturated rings. The molecule has 0 unspecified atom stereocenters. The van der Waals surface area contributed by atoms with E-state index in [4.69, 9.17) is 0 Å². The lowest BCUT2D eigenvalue weighted by Crippen LogP contribution is -2.04. The molecule has 0 spiro atoms. The van der Waals surface area contributed by atoms with Crippen molar-refractivity contribution < 1.29 is 0 Å². The topological polar surface area (TPSA) is 0 Å². The Morgan fingerprint density at radius 3 is 0.789 bits per heavy atom. The predicted octanol–water partition coefficient (Wildman–Crippen LogP) is 7.37. The number of hydrogen-bond donors (Lipinski definition) is 0. The van der Waals surface area contributed by atoms with Crippen molar-refractivity contribution in [2.24, 2.45) is 10.8 Å². The van der Waals surface area contributed by atoms with E-state index in [2.05, 4.69) is 41.5 Å². The molecule has 0 aliphatic rings. The first-order valence-corrected chi connectivity index (χ1v) is 8.71. The molecule has 116 valence electrons. The molecule has 0 heterocycles. The minimum Gasteiger partial charge on any atom is -0.0602 e. The summed E-state index contributed by atoms with van der Waals surface area (Å²) in [5.74, 6) is 0. The molecule has 0 saturated carbocycles. The molecule has 0 aromatic carbocycles. The first-order chi connectivity index (χ1) is 8.71. The van der Waals surface area contributed by atoms with Crippen LogP contribution in [0.5, 0.6) is 0 Å². The Kier molecular flexibility index (Phi) is 9.83. The van der Waals surface area contributed by atoms with Gasteiger partial charge in [-0.1, -0.05) is 99.3 Å². The van der Waals surface area contributed by atoms with Gasteiger partial charge in [0.15, 0.2) is 0 Å². The second-order valence-corrected chi connectivity index (χ2v) is 8.80. The third-order valence-electron chi connectivity index (χ3n) is 3.85. The van der Waals surface area contributed by atoms with E-state index in [0.717, 1.165) is 0 Å². The minimum absolute atomic E-state index is 0.535. The maximum absolute atomic E-state index is 2.35. The van der Waals surface area contributed by atoms with E-state index in [9.17, 15) is 0 Å². The van der Waals surface area contributed by atoms with Crippen LogP contribution in [0.3, 0.4) is 0 Å². The summed E-state index contributed by atoms with van der Waals surface area (Å²) in [5, 5.41) is 0. The van der Waals surface area contributed by atoms with Gasteiger partial charge in [0.2, 0.25) is 0 Å². The standard InChI is InChI=1S/C19H40/c1-18(2,3)16-14-12-10-8-7-9-11-13-15-17-19(4,5)6/h7-17H2,1-6H3. The van der Waals surface area contributed by atoms with Crippen LogP contribution >= 0.6 is 0 Å². The summed E-state index contributed by atoms with van der Waals surface area (Å²) in [5.41, 5.74) is 1.07. The molecule has 0 N–H and O–H groups in total.